The van der Waals surface area contributed by atoms with E-state index in [1.807, 2.05) is 0 Å². The van der Waals surface area contributed by atoms with Gasteiger partial charge in [0.05, 0.1) is 0 Å². The molecule has 5 heteroatoms. The third kappa shape index (κ3) is 1.97. The predicted molar refractivity (Wildman–Crippen MR) is 39.1 cm³/mol. The summed E-state index contributed by atoms with van der Waals surface area (Å²) in [5.41, 5.74) is -0.293. The molecule has 0 spiro atoms. The van der Waals surface area contributed by atoms with E-state index in [1.165, 1.54) is 6.08 Å². The highest BCUT2D eigenvalue weighted by Crippen LogP contribution is 2.27. The summed E-state index contributed by atoms with van der Waals surface area (Å²) in [6.45, 7) is -4.68. The second-order valence-corrected chi connectivity index (χ2v) is 3.33. The molecule has 1 heterocycles. The van der Waals surface area contributed by atoms with Crippen LogP contribution in [0.5, 0.6) is 0 Å². The van der Waals surface area contributed by atoms with Gasteiger partial charge in [0.2, 0.25) is 0 Å². The number of thioether (sulfide) groups is 1. The molecular weight excluding hydrogens is 160 g/mol. The Morgan fingerprint density at radius 1 is 1.40 bits per heavy atom. The maximum absolute atomic E-state index is 11.9. The summed E-state index contributed by atoms with van der Waals surface area (Å²) in [5, 5.41) is 0. The molecule has 0 aromatic rings. The monoisotopic (exact) mass is 167 g/mol. The van der Waals surface area contributed by atoms with Crippen molar-refractivity contribution >= 4 is 18.7 Å². The van der Waals surface area contributed by atoms with Crippen LogP contribution in [0.15, 0.2) is 11.5 Å². The highest BCUT2D eigenvalue weighted by molar-refractivity contribution is 7.99. The zero-order valence-electron chi connectivity index (χ0n) is 5.32. The fraction of sp³-hybridized carbons (Fsp3) is 0.600. The normalized spacial score (nSPS) is 20.5. The van der Waals surface area contributed by atoms with E-state index >= 15 is 0 Å². The van der Waals surface area contributed by atoms with Gasteiger partial charge in [-0.1, -0.05) is 6.42 Å². The first-order valence-electron chi connectivity index (χ1n) is 3.07. The average molecular weight is 167 g/mol. The van der Waals surface area contributed by atoms with Gasteiger partial charge in [0, 0.05) is 5.75 Å². The smallest absolute Gasteiger partial charge is 0.445 e. The molecule has 0 amide bonds. The molecule has 0 atom stereocenters. The molecule has 0 saturated heterocycles. The van der Waals surface area contributed by atoms with Crippen molar-refractivity contribution in [1.82, 2.24) is 0 Å². The van der Waals surface area contributed by atoms with Crippen LogP contribution in [0.25, 0.3) is 0 Å². The molecule has 0 saturated carbocycles. The molecule has 0 aromatic heterocycles. The van der Waals surface area contributed by atoms with Crippen molar-refractivity contribution in [2.45, 2.75) is 6.42 Å². The van der Waals surface area contributed by atoms with E-state index in [0.717, 1.165) is 0 Å². The molecule has 1 rings (SSSR count). The lowest BCUT2D eigenvalue weighted by Crippen LogP contribution is -2.21. The van der Waals surface area contributed by atoms with E-state index < -0.39 is 6.98 Å². The minimum atomic E-state index is -4.68. The van der Waals surface area contributed by atoms with Crippen LogP contribution in [-0.2, 0) is 0 Å². The number of hydrogen-bond acceptors (Lipinski definition) is 1. The van der Waals surface area contributed by atoms with E-state index in [-0.39, 0.29) is 11.9 Å². The van der Waals surface area contributed by atoms with Gasteiger partial charge in [-0.05, 0) is 5.75 Å². The maximum Gasteiger partial charge on any atom is 0.505 e. The van der Waals surface area contributed by atoms with Gasteiger partial charge < -0.3 is 12.9 Å². The molecule has 58 valence electrons. The zero-order chi connectivity index (χ0) is 7.61. The molecular formula is C5H7BF3S-. The van der Waals surface area contributed by atoms with E-state index in [2.05, 4.69) is 0 Å². The topological polar surface area (TPSA) is 0 Å². The first kappa shape index (κ1) is 8.05. The van der Waals surface area contributed by atoms with E-state index in [1.54, 1.807) is 11.8 Å². The van der Waals surface area contributed by atoms with Crippen molar-refractivity contribution in [1.29, 1.82) is 0 Å². The number of hydrogen-bond donors (Lipinski definition) is 0. The highest BCUT2D eigenvalue weighted by atomic mass is 32.2. The van der Waals surface area contributed by atoms with Crippen LogP contribution in [0.2, 0.25) is 0 Å². The highest BCUT2D eigenvalue weighted by Gasteiger charge is 2.28. The van der Waals surface area contributed by atoms with Crippen LogP contribution in [0, 0.1) is 0 Å². The second-order valence-electron chi connectivity index (χ2n) is 2.18. The molecule has 0 aliphatic carbocycles. The number of rotatable bonds is 1. The van der Waals surface area contributed by atoms with Gasteiger partial charge in [0.1, 0.15) is 0 Å². The first-order chi connectivity index (χ1) is 4.61. The second kappa shape index (κ2) is 2.90. The third-order valence-electron chi connectivity index (χ3n) is 1.42. The summed E-state index contributed by atoms with van der Waals surface area (Å²) in [4.78, 5) is 0. The van der Waals surface area contributed by atoms with Crippen LogP contribution in [0.3, 0.4) is 0 Å². The molecule has 0 N–H and O–H groups in total. The molecule has 0 nitrogen and oxygen atoms in total. The lowest BCUT2D eigenvalue weighted by molar-refractivity contribution is 0.486. The SMILES string of the molecule is F[B-](F)(F)C1=CCSCC1. The Balaban J connectivity index is 2.62. The largest absolute Gasteiger partial charge is 0.505 e. The van der Waals surface area contributed by atoms with Gasteiger partial charge in [-0.2, -0.15) is 11.8 Å². The Morgan fingerprint density at radius 2 is 2.10 bits per heavy atom. The third-order valence-corrected chi connectivity index (χ3v) is 2.31. The summed E-state index contributed by atoms with van der Waals surface area (Å²) in [6, 6.07) is 0. The Labute approximate surface area is 61.9 Å². The molecule has 0 bridgehead atoms. The Kier molecular flexibility index (Phi) is 2.34. The fourth-order valence-corrected chi connectivity index (χ4v) is 1.72. The Hall–Kier alpha value is -0.0551. The molecule has 0 aromatic carbocycles. The predicted octanol–water partition coefficient (Wildman–Crippen LogP) is 2.44. The van der Waals surface area contributed by atoms with Crippen molar-refractivity contribution in [3.8, 4) is 0 Å². The summed E-state index contributed by atoms with van der Waals surface area (Å²) in [6.07, 6.45) is 1.50. The van der Waals surface area contributed by atoms with Crippen molar-refractivity contribution in [3.05, 3.63) is 11.5 Å². The standard InChI is InChI=1S/C5H7BF3S/c7-6(8,9)5-1-3-10-4-2-5/h1H,2-4H2/q-1. The lowest BCUT2D eigenvalue weighted by Gasteiger charge is -2.22. The van der Waals surface area contributed by atoms with E-state index in [0.29, 0.717) is 11.5 Å². The molecule has 10 heavy (non-hydrogen) atoms. The molecule has 0 fully saturated rings. The Morgan fingerprint density at radius 3 is 2.40 bits per heavy atom. The summed E-state index contributed by atoms with van der Waals surface area (Å²) in [7, 11) is 0. The van der Waals surface area contributed by atoms with Gasteiger partial charge in [0.15, 0.2) is 0 Å². The lowest BCUT2D eigenvalue weighted by atomic mass is 9.77. The van der Waals surface area contributed by atoms with Crippen LogP contribution in [0.4, 0.5) is 12.9 Å². The van der Waals surface area contributed by atoms with Crippen LogP contribution < -0.4 is 0 Å². The Bertz CT molecular complexity index is 151. The quantitative estimate of drug-likeness (QED) is 0.540. The van der Waals surface area contributed by atoms with Crippen LogP contribution in [-0.4, -0.2) is 18.5 Å². The van der Waals surface area contributed by atoms with Gasteiger partial charge >= 0.3 is 6.98 Å². The summed E-state index contributed by atoms with van der Waals surface area (Å²) < 4.78 is 35.8. The molecule has 1 aliphatic rings. The van der Waals surface area contributed by atoms with Crippen LogP contribution >= 0.6 is 11.8 Å². The van der Waals surface area contributed by atoms with Crippen molar-refractivity contribution in [2.75, 3.05) is 11.5 Å². The summed E-state index contributed by atoms with van der Waals surface area (Å²) >= 11 is 1.55. The molecule has 1 aliphatic heterocycles. The minimum Gasteiger partial charge on any atom is -0.445 e. The van der Waals surface area contributed by atoms with Crippen molar-refractivity contribution < 1.29 is 12.9 Å². The first-order valence-corrected chi connectivity index (χ1v) is 4.23. The zero-order valence-corrected chi connectivity index (χ0v) is 6.13. The van der Waals surface area contributed by atoms with E-state index in [9.17, 15) is 12.9 Å². The van der Waals surface area contributed by atoms with Crippen molar-refractivity contribution in [2.24, 2.45) is 0 Å². The number of halogens is 3. The van der Waals surface area contributed by atoms with E-state index in [4.69, 9.17) is 0 Å². The number of allylic oxidation sites excluding steroid dienone is 1. The average Bonchev–Trinajstić information content (AvgIpc) is 1.88. The molecule has 0 radical (unpaired) electrons. The minimum absolute atomic E-state index is 0.203. The fourth-order valence-electron chi connectivity index (χ4n) is 0.839. The van der Waals surface area contributed by atoms with Gasteiger partial charge in [-0.25, -0.2) is 0 Å². The maximum atomic E-state index is 11.9. The van der Waals surface area contributed by atoms with Gasteiger partial charge in [-0.3, -0.25) is 0 Å². The van der Waals surface area contributed by atoms with Gasteiger partial charge in [-0.15, -0.1) is 11.5 Å². The van der Waals surface area contributed by atoms with Gasteiger partial charge in [0.25, 0.3) is 0 Å². The molecule has 0 unspecified atom stereocenters. The van der Waals surface area contributed by atoms with Crippen molar-refractivity contribution in [3.63, 3.8) is 0 Å². The summed E-state index contributed by atoms with van der Waals surface area (Å²) in [5.74, 6) is 1.14. The van der Waals surface area contributed by atoms with Crippen LogP contribution in [0.1, 0.15) is 6.42 Å².